The molecule has 0 bridgehead atoms. The Morgan fingerprint density at radius 2 is 2.16 bits per heavy atom. The molecule has 0 atom stereocenters. The van der Waals surface area contributed by atoms with Crippen LogP contribution in [0.1, 0.15) is 20.8 Å². The molecule has 0 radical (unpaired) electrons. The van der Waals surface area contributed by atoms with Gasteiger partial charge < -0.3 is 9.88 Å². The molecule has 0 saturated carbocycles. The molecular formula is C13H19N3O3. The molecule has 1 rings (SSSR count). The maximum atomic E-state index is 11.8. The van der Waals surface area contributed by atoms with Crippen LogP contribution in [0.15, 0.2) is 35.3 Å². The van der Waals surface area contributed by atoms with Crippen molar-refractivity contribution >= 4 is 5.69 Å². The number of hydrogen-bond donors (Lipinski definition) is 1. The third-order valence-corrected chi connectivity index (χ3v) is 2.46. The van der Waals surface area contributed by atoms with Gasteiger partial charge in [-0.2, -0.15) is 0 Å². The monoisotopic (exact) mass is 265 g/mol. The van der Waals surface area contributed by atoms with Crippen LogP contribution in [0.5, 0.6) is 0 Å². The van der Waals surface area contributed by atoms with E-state index in [4.69, 9.17) is 0 Å². The number of nitrogens with one attached hydrogen (secondary N) is 1. The first kappa shape index (κ1) is 15.1. The summed E-state index contributed by atoms with van der Waals surface area (Å²) in [6, 6.07) is 2.69. The van der Waals surface area contributed by atoms with Crippen LogP contribution >= 0.6 is 0 Å². The molecule has 0 fully saturated rings. The van der Waals surface area contributed by atoms with Crippen molar-refractivity contribution in [3.05, 3.63) is 50.9 Å². The van der Waals surface area contributed by atoms with E-state index in [1.807, 2.05) is 20.8 Å². The predicted molar refractivity (Wildman–Crippen MR) is 74.3 cm³/mol. The Morgan fingerprint density at radius 3 is 2.68 bits per heavy atom. The molecule has 0 spiro atoms. The van der Waals surface area contributed by atoms with Gasteiger partial charge in [-0.3, -0.25) is 14.9 Å². The number of rotatable bonds is 5. The van der Waals surface area contributed by atoms with Crippen molar-refractivity contribution in [2.45, 2.75) is 32.9 Å². The normalized spacial score (nSPS) is 11.3. The fourth-order valence-electron chi connectivity index (χ4n) is 1.47. The summed E-state index contributed by atoms with van der Waals surface area (Å²) in [7, 11) is 0. The Bertz CT molecular complexity index is 541. The summed E-state index contributed by atoms with van der Waals surface area (Å²) in [4.78, 5) is 21.8. The first-order valence-corrected chi connectivity index (χ1v) is 5.96. The predicted octanol–water partition coefficient (Wildman–Crippen LogP) is 1.70. The van der Waals surface area contributed by atoms with E-state index in [0.29, 0.717) is 6.54 Å². The second kappa shape index (κ2) is 5.79. The van der Waals surface area contributed by atoms with E-state index in [0.717, 1.165) is 5.57 Å². The molecule has 6 heteroatoms. The Kier molecular flexibility index (Phi) is 4.61. The Balaban J connectivity index is 2.78. The van der Waals surface area contributed by atoms with Crippen molar-refractivity contribution in [2.24, 2.45) is 0 Å². The summed E-state index contributed by atoms with van der Waals surface area (Å²) >= 11 is 0. The molecule has 6 nitrogen and oxygen atoms in total. The second-order valence-corrected chi connectivity index (χ2v) is 5.44. The lowest BCUT2D eigenvalue weighted by Crippen LogP contribution is -2.37. The highest BCUT2D eigenvalue weighted by atomic mass is 16.6. The minimum Gasteiger partial charge on any atom is -0.308 e. The van der Waals surface area contributed by atoms with Crippen molar-refractivity contribution in [3.8, 4) is 0 Å². The third kappa shape index (κ3) is 4.67. The van der Waals surface area contributed by atoms with Crippen molar-refractivity contribution < 1.29 is 4.92 Å². The number of nitro groups is 1. The lowest BCUT2D eigenvalue weighted by Gasteiger charge is -2.21. The van der Waals surface area contributed by atoms with E-state index in [-0.39, 0.29) is 12.1 Å². The zero-order valence-electron chi connectivity index (χ0n) is 11.5. The van der Waals surface area contributed by atoms with Gasteiger partial charge in [-0.25, -0.2) is 0 Å². The summed E-state index contributed by atoms with van der Waals surface area (Å²) in [5.41, 5.74) is -0.280. The maximum absolute atomic E-state index is 11.8. The Labute approximate surface area is 111 Å². The molecule has 0 aliphatic carbocycles. The van der Waals surface area contributed by atoms with Crippen LogP contribution in [-0.2, 0) is 6.54 Å². The topological polar surface area (TPSA) is 77.2 Å². The van der Waals surface area contributed by atoms with Gasteiger partial charge >= 0.3 is 11.2 Å². The molecule has 1 heterocycles. The first-order valence-electron chi connectivity index (χ1n) is 5.96. The molecule has 0 amide bonds. The third-order valence-electron chi connectivity index (χ3n) is 2.46. The highest BCUT2D eigenvalue weighted by molar-refractivity contribution is 5.25. The zero-order chi connectivity index (χ0) is 14.6. The van der Waals surface area contributed by atoms with E-state index in [9.17, 15) is 14.9 Å². The minimum atomic E-state index is -0.672. The molecular weight excluding hydrogens is 246 g/mol. The quantitative estimate of drug-likeness (QED) is 0.499. The fourth-order valence-corrected chi connectivity index (χ4v) is 1.47. The number of aromatic nitrogens is 1. The first-order chi connectivity index (χ1) is 8.70. The van der Waals surface area contributed by atoms with Crippen molar-refractivity contribution in [2.75, 3.05) is 6.54 Å². The lowest BCUT2D eigenvalue weighted by atomic mass is 10.1. The number of hydrogen-bond acceptors (Lipinski definition) is 4. The van der Waals surface area contributed by atoms with Gasteiger partial charge in [-0.1, -0.05) is 6.58 Å². The van der Waals surface area contributed by atoms with E-state index in [2.05, 4.69) is 11.9 Å². The molecule has 1 aromatic rings. The van der Waals surface area contributed by atoms with Gasteiger partial charge in [-0.15, -0.1) is 0 Å². The van der Waals surface area contributed by atoms with E-state index in [1.165, 1.54) is 22.9 Å². The second-order valence-electron chi connectivity index (χ2n) is 5.44. The van der Waals surface area contributed by atoms with Gasteiger partial charge in [-0.05, 0) is 32.4 Å². The molecule has 19 heavy (non-hydrogen) atoms. The van der Waals surface area contributed by atoms with Crippen LogP contribution in [0.4, 0.5) is 5.69 Å². The van der Waals surface area contributed by atoms with Crippen LogP contribution in [0.2, 0.25) is 0 Å². The summed E-state index contributed by atoms with van der Waals surface area (Å²) in [6.07, 6.45) is 1.53. The SMILES string of the molecule is C=C(CNC(C)(C)C)Cn1cccc([N+](=O)[O-])c1=O. The highest BCUT2D eigenvalue weighted by Gasteiger charge is 2.14. The molecule has 0 aliphatic rings. The fraction of sp³-hybridized carbons (Fsp3) is 0.462. The van der Waals surface area contributed by atoms with Gasteiger partial charge in [0, 0.05) is 30.9 Å². The van der Waals surface area contributed by atoms with Crippen molar-refractivity contribution in [1.29, 1.82) is 0 Å². The van der Waals surface area contributed by atoms with Gasteiger partial charge in [0.05, 0.1) is 4.92 Å². The van der Waals surface area contributed by atoms with Gasteiger partial charge in [0.2, 0.25) is 0 Å². The van der Waals surface area contributed by atoms with Gasteiger partial charge in [0.15, 0.2) is 0 Å². The smallest absolute Gasteiger partial charge is 0.308 e. The van der Waals surface area contributed by atoms with Crippen LogP contribution in [0.25, 0.3) is 0 Å². The van der Waals surface area contributed by atoms with E-state index >= 15 is 0 Å². The van der Waals surface area contributed by atoms with Crippen molar-refractivity contribution in [1.82, 2.24) is 9.88 Å². The van der Waals surface area contributed by atoms with Gasteiger partial charge in [0.25, 0.3) is 0 Å². The molecule has 0 saturated heterocycles. The molecule has 0 unspecified atom stereocenters. The number of pyridine rings is 1. The number of nitrogens with zero attached hydrogens (tertiary/aromatic N) is 2. The van der Waals surface area contributed by atoms with E-state index < -0.39 is 16.2 Å². The summed E-state index contributed by atoms with van der Waals surface area (Å²) in [5.74, 6) is 0. The van der Waals surface area contributed by atoms with Crippen LogP contribution in [0.3, 0.4) is 0 Å². The molecule has 1 N–H and O–H groups in total. The van der Waals surface area contributed by atoms with E-state index in [1.54, 1.807) is 0 Å². The molecule has 0 aromatic carbocycles. The molecule has 1 aromatic heterocycles. The van der Waals surface area contributed by atoms with Crippen LogP contribution in [0, 0.1) is 10.1 Å². The van der Waals surface area contributed by atoms with Crippen molar-refractivity contribution in [3.63, 3.8) is 0 Å². The molecule has 104 valence electrons. The largest absolute Gasteiger partial charge is 0.334 e. The standard InChI is InChI=1S/C13H19N3O3/c1-10(8-14-13(2,3)4)9-15-7-5-6-11(12(15)17)16(18)19/h5-7,14H,1,8-9H2,2-4H3. The Hall–Kier alpha value is -1.95. The molecule has 0 aliphatic heterocycles. The van der Waals surface area contributed by atoms with Gasteiger partial charge in [0.1, 0.15) is 0 Å². The summed E-state index contributed by atoms with van der Waals surface area (Å²) in [5, 5.41) is 13.9. The Morgan fingerprint density at radius 1 is 1.53 bits per heavy atom. The minimum absolute atomic E-state index is 0.0451. The average Bonchev–Trinajstić information content (AvgIpc) is 2.28. The average molecular weight is 265 g/mol. The van der Waals surface area contributed by atoms with Crippen LogP contribution < -0.4 is 10.9 Å². The van der Waals surface area contributed by atoms with Crippen LogP contribution in [-0.4, -0.2) is 21.6 Å². The zero-order valence-corrected chi connectivity index (χ0v) is 11.5. The highest BCUT2D eigenvalue weighted by Crippen LogP contribution is 2.04. The summed E-state index contributed by atoms with van der Waals surface area (Å²) < 4.78 is 1.30. The maximum Gasteiger partial charge on any atom is 0.334 e. The summed E-state index contributed by atoms with van der Waals surface area (Å²) in [6.45, 7) is 10.8. The lowest BCUT2D eigenvalue weighted by molar-refractivity contribution is -0.386.